The van der Waals surface area contributed by atoms with Crippen molar-refractivity contribution in [3.63, 3.8) is 0 Å². The number of pyridine rings is 1. The second kappa shape index (κ2) is 5.03. The fraction of sp³-hybridized carbons (Fsp3) is 0.364. The maximum absolute atomic E-state index is 4.37. The van der Waals surface area contributed by atoms with Crippen LogP contribution < -0.4 is 5.32 Å². The Morgan fingerprint density at radius 3 is 3.00 bits per heavy atom. The van der Waals surface area contributed by atoms with Crippen molar-refractivity contribution in [3.05, 3.63) is 35.9 Å². The van der Waals surface area contributed by atoms with Crippen LogP contribution >= 0.6 is 11.5 Å². The summed E-state index contributed by atoms with van der Waals surface area (Å²) in [7, 11) is 0. The highest BCUT2D eigenvalue weighted by atomic mass is 32.1. The quantitative estimate of drug-likeness (QED) is 0.883. The molecule has 0 amide bonds. The number of nitrogens with zero attached hydrogens (tertiary/aromatic N) is 3. The van der Waals surface area contributed by atoms with E-state index in [-0.39, 0.29) is 6.04 Å². The van der Waals surface area contributed by atoms with Crippen molar-refractivity contribution in [3.8, 4) is 0 Å². The number of hydrogen-bond donors (Lipinski definition) is 1. The predicted molar refractivity (Wildman–Crippen MR) is 65.6 cm³/mol. The number of anilines is 1. The Morgan fingerprint density at radius 2 is 2.38 bits per heavy atom. The van der Waals surface area contributed by atoms with Gasteiger partial charge in [-0.2, -0.15) is 4.37 Å². The molecule has 0 aromatic carbocycles. The molecule has 0 saturated carbocycles. The van der Waals surface area contributed by atoms with E-state index in [0.29, 0.717) is 0 Å². The second-order valence-corrected chi connectivity index (χ2v) is 4.27. The summed E-state index contributed by atoms with van der Waals surface area (Å²) in [6.07, 6.45) is 4.51. The largest absolute Gasteiger partial charge is 0.354 e. The fourth-order valence-electron chi connectivity index (χ4n) is 1.36. The molecule has 2 heterocycles. The zero-order valence-electron chi connectivity index (χ0n) is 9.34. The van der Waals surface area contributed by atoms with Crippen LogP contribution in [0.25, 0.3) is 0 Å². The lowest BCUT2D eigenvalue weighted by Gasteiger charge is -2.11. The maximum Gasteiger partial charge on any atom is 0.203 e. The van der Waals surface area contributed by atoms with E-state index in [2.05, 4.69) is 33.5 Å². The molecule has 0 aliphatic carbocycles. The fourth-order valence-corrected chi connectivity index (χ4v) is 2.09. The van der Waals surface area contributed by atoms with Crippen LogP contribution in [0, 0.1) is 0 Å². The number of aryl methyl sites for hydroxylation is 1. The van der Waals surface area contributed by atoms with E-state index in [0.717, 1.165) is 22.9 Å². The summed E-state index contributed by atoms with van der Waals surface area (Å²) in [5, 5.41) is 4.19. The summed E-state index contributed by atoms with van der Waals surface area (Å²) >= 11 is 1.40. The lowest BCUT2D eigenvalue weighted by molar-refractivity contribution is 0.868. The van der Waals surface area contributed by atoms with Crippen molar-refractivity contribution in [1.29, 1.82) is 0 Å². The third-order valence-electron chi connectivity index (χ3n) is 2.31. The summed E-state index contributed by atoms with van der Waals surface area (Å²) in [5.74, 6) is 0.894. The highest BCUT2D eigenvalue weighted by Gasteiger charge is 2.08. The molecule has 2 aromatic rings. The van der Waals surface area contributed by atoms with Crippen molar-refractivity contribution in [2.75, 3.05) is 5.32 Å². The molecule has 0 aliphatic heterocycles. The molecule has 5 heteroatoms. The van der Waals surface area contributed by atoms with Gasteiger partial charge >= 0.3 is 0 Å². The monoisotopic (exact) mass is 234 g/mol. The van der Waals surface area contributed by atoms with Crippen LogP contribution in [0.1, 0.15) is 31.3 Å². The molecular formula is C11H14N4S. The third-order valence-corrected chi connectivity index (χ3v) is 2.99. The summed E-state index contributed by atoms with van der Waals surface area (Å²) < 4.78 is 4.23. The van der Waals surface area contributed by atoms with E-state index in [1.165, 1.54) is 11.5 Å². The minimum atomic E-state index is 0.200. The Bertz CT molecular complexity index is 440. The smallest absolute Gasteiger partial charge is 0.203 e. The minimum absolute atomic E-state index is 0.200. The Kier molecular flexibility index (Phi) is 3.46. The first-order valence-electron chi connectivity index (χ1n) is 5.28. The van der Waals surface area contributed by atoms with Gasteiger partial charge in [0.05, 0.1) is 6.04 Å². The average molecular weight is 234 g/mol. The molecule has 0 spiro atoms. The summed E-state index contributed by atoms with van der Waals surface area (Å²) in [4.78, 5) is 8.47. The molecule has 1 unspecified atom stereocenters. The van der Waals surface area contributed by atoms with Gasteiger partial charge in [-0.15, -0.1) is 0 Å². The molecule has 2 rings (SSSR count). The van der Waals surface area contributed by atoms with E-state index >= 15 is 0 Å². The van der Waals surface area contributed by atoms with Crippen molar-refractivity contribution >= 4 is 16.7 Å². The van der Waals surface area contributed by atoms with E-state index in [9.17, 15) is 0 Å². The molecule has 2 aromatic heterocycles. The molecular weight excluding hydrogens is 220 g/mol. The lowest BCUT2D eigenvalue weighted by atomic mass is 10.1. The van der Waals surface area contributed by atoms with Gasteiger partial charge in [0.15, 0.2) is 0 Å². The number of aromatic nitrogens is 3. The Morgan fingerprint density at radius 1 is 1.50 bits per heavy atom. The molecule has 0 bridgehead atoms. The van der Waals surface area contributed by atoms with Gasteiger partial charge in [0.1, 0.15) is 5.82 Å². The topological polar surface area (TPSA) is 50.7 Å². The van der Waals surface area contributed by atoms with E-state index in [1.54, 1.807) is 6.20 Å². The first kappa shape index (κ1) is 11.0. The predicted octanol–water partition coefficient (Wildman–Crippen LogP) is 2.67. The van der Waals surface area contributed by atoms with Crippen LogP contribution in [-0.2, 0) is 6.42 Å². The number of nitrogens with one attached hydrogen (secondary N) is 1. The van der Waals surface area contributed by atoms with Gasteiger partial charge in [0.2, 0.25) is 5.13 Å². The van der Waals surface area contributed by atoms with Crippen molar-refractivity contribution in [2.24, 2.45) is 0 Å². The van der Waals surface area contributed by atoms with Gasteiger partial charge < -0.3 is 5.32 Å². The van der Waals surface area contributed by atoms with Gasteiger partial charge in [-0.25, -0.2) is 4.98 Å². The Hall–Kier alpha value is -1.49. The first-order valence-corrected chi connectivity index (χ1v) is 6.06. The zero-order valence-corrected chi connectivity index (χ0v) is 10.2. The van der Waals surface area contributed by atoms with Crippen LogP contribution in [0.4, 0.5) is 5.13 Å². The Labute approximate surface area is 98.9 Å². The molecule has 0 aliphatic rings. The molecule has 0 saturated heterocycles. The van der Waals surface area contributed by atoms with Gasteiger partial charge in [-0.3, -0.25) is 4.98 Å². The van der Waals surface area contributed by atoms with Crippen molar-refractivity contribution in [1.82, 2.24) is 14.3 Å². The van der Waals surface area contributed by atoms with Crippen LogP contribution in [0.5, 0.6) is 0 Å². The molecule has 0 fully saturated rings. The molecule has 4 nitrogen and oxygen atoms in total. The summed E-state index contributed by atoms with van der Waals surface area (Å²) in [6.45, 7) is 4.14. The van der Waals surface area contributed by atoms with Crippen LogP contribution in [0.15, 0.2) is 24.5 Å². The average Bonchev–Trinajstić information content (AvgIpc) is 2.78. The molecule has 1 atom stereocenters. The third kappa shape index (κ3) is 2.55. The van der Waals surface area contributed by atoms with Crippen LogP contribution in [0.3, 0.4) is 0 Å². The van der Waals surface area contributed by atoms with E-state index in [1.807, 2.05) is 18.3 Å². The number of hydrogen-bond acceptors (Lipinski definition) is 5. The van der Waals surface area contributed by atoms with Crippen molar-refractivity contribution < 1.29 is 0 Å². The van der Waals surface area contributed by atoms with Crippen molar-refractivity contribution in [2.45, 2.75) is 26.3 Å². The van der Waals surface area contributed by atoms with Gasteiger partial charge in [0.25, 0.3) is 0 Å². The standard InChI is InChI=1S/C11H14N4S/c1-3-10-14-11(16-15-10)13-8(2)9-5-4-6-12-7-9/h4-8H,3H2,1-2H3,(H,13,14,15). The normalized spacial score (nSPS) is 12.4. The lowest BCUT2D eigenvalue weighted by Crippen LogP contribution is -2.06. The summed E-state index contributed by atoms with van der Waals surface area (Å²) in [6, 6.07) is 4.18. The van der Waals surface area contributed by atoms with E-state index < -0.39 is 0 Å². The van der Waals surface area contributed by atoms with Gasteiger partial charge in [0, 0.05) is 30.3 Å². The van der Waals surface area contributed by atoms with Gasteiger partial charge in [-0.05, 0) is 18.6 Å². The maximum atomic E-state index is 4.37. The van der Waals surface area contributed by atoms with Crippen LogP contribution in [-0.4, -0.2) is 14.3 Å². The summed E-state index contributed by atoms with van der Waals surface area (Å²) in [5.41, 5.74) is 1.15. The van der Waals surface area contributed by atoms with Gasteiger partial charge in [-0.1, -0.05) is 13.0 Å². The molecule has 16 heavy (non-hydrogen) atoms. The highest BCUT2D eigenvalue weighted by Crippen LogP contribution is 2.19. The SMILES string of the molecule is CCc1nsc(NC(C)c2cccnc2)n1. The molecule has 1 N–H and O–H groups in total. The number of rotatable bonds is 4. The van der Waals surface area contributed by atoms with E-state index in [4.69, 9.17) is 0 Å². The first-order chi connectivity index (χ1) is 7.79. The molecule has 0 radical (unpaired) electrons. The zero-order chi connectivity index (χ0) is 11.4. The highest BCUT2D eigenvalue weighted by molar-refractivity contribution is 7.09. The Balaban J connectivity index is 2.05. The second-order valence-electron chi connectivity index (χ2n) is 3.52. The van der Waals surface area contributed by atoms with Crippen LogP contribution in [0.2, 0.25) is 0 Å². The molecule has 84 valence electrons. The minimum Gasteiger partial charge on any atom is -0.354 e.